The van der Waals surface area contributed by atoms with Crippen LogP contribution in [0, 0.1) is 12.8 Å². The molecule has 0 spiro atoms. The molecule has 5 heteroatoms. The summed E-state index contributed by atoms with van der Waals surface area (Å²) in [5.74, 6) is 0.795. The Hall–Kier alpha value is -2.14. The van der Waals surface area contributed by atoms with Gasteiger partial charge in [0, 0.05) is 24.4 Å². The third-order valence-electron chi connectivity index (χ3n) is 6.37. The van der Waals surface area contributed by atoms with Gasteiger partial charge in [-0.15, -0.1) is 11.3 Å². The molecule has 1 aliphatic carbocycles. The van der Waals surface area contributed by atoms with Crippen molar-refractivity contribution < 1.29 is 9.59 Å². The molecule has 30 heavy (non-hydrogen) atoms. The molecule has 1 atom stereocenters. The van der Waals surface area contributed by atoms with E-state index in [2.05, 4.69) is 43.5 Å². The Morgan fingerprint density at radius 2 is 1.97 bits per heavy atom. The normalized spacial score (nSPS) is 18.2. The first-order chi connectivity index (χ1) is 14.6. The Balaban J connectivity index is 1.58. The van der Waals surface area contributed by atoms with E-state index in [1.165, 1.54) is 34.4 Å². The first-order valence-corrected chi connectivity index (χ1v) is 12.2. The summed E-state index contributed by atoms with van der Waals surface area (Å²) in [6.45, 7) is 5.88. The summed E-state index contributed by atoms with van der Waals surface area (Å²) in [6.07, 6.45) is 5.69. The van der Waals surface area contributed by atoms with Crippen LogP contribution >= 0.6 is 11.3 Å². The minimum atomic E-state index is -0.0535. The van der Waals surface area contributed by atoms with Crippen LogP contribution in [0.3, 0.4) is 0 Å². The average molecular weight is 425 g/mol. The van der Waals surface area contributed by atoms with Crippen LogP contribution in [-0.4, -0.2) is 41.2 Å². The highest BCUT2D eigenvalue weighted by atomic mass is 32.1. The van der Waals surface area contributed by atoms with Gasteiger partial charge in [-0.25, -0.2) is 0 Å². The average Bonchev–Trinajstić information content (AvgIpc) is 3.43. The van der Waals surface area contributed by atoms with Crippen molar-refractivity contribution in [2.24, 2.45) is 5.92 Å². The summed E-state index contributed by atoms with van der Waals surface area (Å²) in [7, 11) is 0. The van der Waals surface area contributed by atoms with Gasteiger partial charge in [0.15, 0.2) is 0 Å². The second-order valence-electron chi connectivity index (χ2n) is 8.72. The van der Waals surface area contributed by atoms with E-state index in [-0.39, 0.29) is 24.4 Å². The third-order valence-corrected chi connectivity index (χ3v) is 7.36. The molecule has 0 N–H and O–H groups in total. The van der Waals surface area contributed by atoms with Gasteiger partial charge in [0.05, 0.1) is 12.6 Å². The number of hydrogen-bond acceptors (Lipinski definition) is 3. The third kappa shape index (κ3) is 4.61. The number of hydrogen-bond donors (Lipinski definition) is 0. The van der Waals surface area contributed by atoms with Gasteiger partial charge in [-0.2, -0.15) is 0 Å². The Morgan fingerprint density at radius 1 is 1.17 bits per heavy atom. The number of carbonyl (C=O) groups excluding carboxylic acids is 2. The van der Waals surface area contributed by atoms with Gasteiger partial charge in [0.1, 0.15) is 0 Å². The lowest BCUT2D eigenvalue weighted by Crippen LogP contribution is -2.47. The summed E-state index contributed by atoms with van der Waals surface area (Å²) < 4.78 is 0. The Bertz CT molecular complexity index is 902. The summed E-state index contributed by atoms with van der Waals surface area (Å²) >= 11 is 1.79. The fraction of sp³-hybridized carbons (Fsp3) is 0.520. The predicted octanol–water partition coefficient (Wildman–Crippen LogP) is 4.96. The molecule has 2 heterocycles. The number of unbranched alkanes of at least 4 members (excludes halogenated alkanes) is 1. The van der Waals surface area contributed by atoms with Crippen molar-refractivity contribution in [1.82, 2.24) is 9.80 Å². The molecule has 160 valence electrons. The predicted molar refractivity (Wildman–Crippen MR) is 122 cm³/mol. The highest BCUT2D eigenvalue weighted by Gasteiger charge is 2.35. The Kier molecular flexibility index (Phi) is 6.57. The van der Waals surface area contributed by atoms with E-state index in [1.54, 1.807) is 11.3 Å². The summed E-state index contributed by atoms with van der Waals surface area (Å²) in [6, 6.07) is 10.5. The topological polar surface area (TPSA) is 40.6 Å². The van der Waals surface area contributed by atoms with Crippen molar-refractivity contribution in [2.45, 2.75) is 58.4 Å². The number of carbonyl (C=O) groups is 2. The molecule has 1 saturated carbocycles. The number of thiophene rings is 1. The fourth-order valence-electron chi connectivity index (χ4n) is 4.42. The van der Waals surface area contributed by atoms with Crippen LogP contribution in [0.15, 0.2) is 35.7 Å². The molecule has 4 rings (SSSR count). The quantitative estimate of drug-likeness (QED) is 0.601. The van der Waals surface area contributed by atoms with Gasteiger partial charge in [-0.1, -0.05) is 37.6 Å². The van der Waals surface area contributed by atoms with Gasteiger partial charge >= 0.3 is 0 Å². The van der Waals surface area contributed by atoms with Crippen molar-refractivity contribution in [3.05, 3.63) is 57.3 Å². The number of fused-ring (bicyclic) bond motifs is 1. The van der Waals surface area contributed by atoms with Crippen molar-refractivity contribution in [1.29, 1.82) is 0 Å². The SMILES string of the molecule is CCCCC(=O)N(CC(=O)N1CCc2sccc2[C@H]1c1ccccc1C)CC1CC1. The molecule has 0 bridgehead atoms. The van der Waals surface area contributed by atoms with Crippen LogP contribution in [0.4, 0.5) is 0 Å². The zero-order valence-corrected chi connectivity index (χ0v) is 18.9. The molecule has 0 unspecified atom stereocenters. The summed E-state index contributed by atoms with van der Waals surface area (Å²) in [5, 5.41) is 2.14. The minimum absolute atomic E-state index is 0.0535. The van der Waals surface area contributed by atoms with Crippen molar-refractivity contribution >= 4 is 23.2 Å². The highest BCUT2D eigenvalue weighted by Crippen LogP contribution is 2.39. The number of amides is 2. The maximum atomic E-state index is 13.6. The standard InChI is InChI=1S/C25H32N2O2S/c1-3-4-9-23(28)26(16-19-10-11-19)17-24(29)27-14-12-22-21(13-15-30-22)25(27)20-8-6-5-7-18(20)2/h5-8,13,15,19,25H,3-4,9-12,14,16-17H2,1-2H3/t25-/m1/s1. The maximum absolute atomic E-state index is 13.6. The van der Waals surface area contributed by atoms with Crippen LogP contribution in [0.25, 0.3) is 0 Å². The molecule has 1 aromatic carbocycles. The number of benzene rings is 1. The second-order valence-corrected chi connectivity index (χ2v) is 9.72. The second kappa shape index (κ2) is 9.34. The zero-order chi connectivity index (χ0) is 21.1. The highest BCUT2D eigenvalue weighted by molar-refractivity contribution is 7.10. The van der Waals surface area contributed by atoms with Gasteiger partial charge in [-0.3, -0.25) is 9.59 Å². The van der Waals surface area contributed by atoms with E-state index in [0.717, 1.165) is 25.8 Å². The molecule has 4 nitrogen and oxygen atoms in total. The van der Waals surface area contributed by atoms with Gasteiger partial charge < -0.3 is 9.80 Å². The number of rotatable bonds is 8. The minimum Gasteiger partial charge on any atom is -0.333 e. The first-order valence-electron chi connectivity index (χ1n) is 11.3. The number of aryl methyl sites for hydroxylation is 1. The lowest BCUT2D eigenvalue weighted by Gasteiger charge is -2.38. The van der Waals surface area contributed by atoms with Crippen LogP contribution in [0.5, 0.6) is 0 Å². The lowest BCUT2D eigenvalue weighted by molar-refractivity contribution is -0.142. The van der Waals surface area contributed by atoms with Crippen molar-refractivity contribution in [3.63, 3.8) is 0 Å². The maximum Gasteiger partial charge on any atom is 0.242 e. The van der Waals surface area contributed by atoms with Crippen molar-refractivity contribution in [3.8, 4) is 0 Å². The molecule has 0 radical (unpaired) electrons. The monoisotopic (exact) mass is 424 g/mol. The fourth-order valence-corrected chi connectivity index (χ4v) is 5.32. The van der Waals surface area contributed by atoms with E-state index in [9.17, 15) is 9.59 Å². The van der Waals surface area contributed by atoms with Crippen LogP contribution in [0.1, 0.15) is 66.6 Å². The molecule has 1 aromatic heterocycles. The van der Waals surface area contributed by atoms with Gasteiger partial charge in [0.25, 0.3) is 0 Å². The van der Waals surface area contributed by atoms with E-state index in [1.807, 2.05) is 15.9 Å². The van der Waals surface area contributed by atoms with Crippen LogP contribution < -0.4 is 0 Å². The molecule has 1 aliphatic heterocycles. The first kappa shape index (κ1) is 21.1. The van der Waals surface area contributed by atoms with Crippen LogP contribution in [0.2, 0.25) is 0 Å². The van der Waals surface area contributed by atoms with Gasteiger partial charge in [0.2, 0.25) is 11.8 Å². The zero-order valence-electron chi connectivity index (χ0n) is 18.1. The van der Waals surface area contributed by atoms with E-state index >= 15 is 0 Å². The molecule has 2 aromatic rings. The van der Waals surface area contributed by atoms with Crippen LogP contribution in [-0.2, 0) is 16.0 Å². The Morgan fingerprint density at radius 3 is 2.70 bits per heavy atom. The summed E-state index contributed by atoms with van der Waals surface area (Å²) in [5.41, 5.74) is 3.64. The molecule has 2 amide bonds. The Labute approximate surface area is 183 Å². The van der Waals surface area contributed by atoms with Gasteiger partial charge in [-0.05, 0) is 66.7 Å². The summed E-state index contributed by atoms with van der Waals surface area (Å²) in [4.78, 5) is 31.6. The molecule has 2 aliphatic rings. The molecular formula is C25H32N2O2S. The molecule has 1 fully saturated rings. The molecular weight excluding hydrogens is 392 g/mol. The smallest absolute Gasteiger partial charge is 0.242 e. The van der Waals surface area contributed by atoms with E-state index < -0.39 is 0 Å². The number of nitrogens with zero attached hydrogens (tertiary/aromatic N) is 2. The van der Waals surface area contributed by atoms with E-state index in [0.29, 0.717) is 18.9 Å². The van der Waals surface area contributed by atoms with E-state index in [4.69, 9.17) is 0 Å². The van der Waals surface area contributed by atoms with Crippen molar-refractivity contribution in [2.75, 3.05) is 19.6 Å². The largest absolute Gasteiger partial charge is 0.333 e. The lowest BCUT2D eigenvalue weighted by atomic mass is 9.90. The molecule has 0 saturated heterocycles.